The highest BCUT2D eigenvalue weighted by Gasteiger charge is 2.33. The number of nitrogens with zero attached hydrogens (tertiary/aromatic N) is 2. The van der Waals surface area contributed by atoms with Gasteiger partial charge in [-0.25, -0.2) is 8.78 Å². The minimum absolute atomic E-state index is 0.195. The first kappa shape index (κ1) is 24.1. The maximum Gasteiger partial charge on any atom is 0.252 e. The summed E-state index contributed by atoms with van der Waals surface area (Å²) in [7, 11) is 0. The van der Waals surface area contributed by atoms with Crippen LogP contribution < -0.4 is 11.1 Å². The number of alkyl halides is 2. The van der Waals surface area contributed by atoms with Crippen LogP contribution in [-0.2, 0) is 21.4 Å². The molecule has 1 aromatic heterocycles. The molecule has 0 bridgehead atoms. The Hall–Kier alpha value is -3.17. The monoisotopic (exact) mass is 436 g/mol. The summed E-state index contributed by atoms with van der Waals surface area (Å²) in [4.78, 5) is 40.2. The van der Waals surface area contributed by atoms with E-state index in [0.717, 1.165) is 0 Å². The van der Waals surface area contributed by atoms with E-state index in [4.69, 9.17) is 10.3 Å². The Kier molecular flexibility index (Phi) is 7.59. The van der Waals surface area contributed by atoms with Gasteiger partial charge in [0.1, 0.15) is 6.04 Å². The first-order chi connectivity index (χ1) is 14.4. The average Bonchev–Trinajstić information content (AvgIpc) is 3.16. The summed E-state index contributed by atoms with van der Waals surface area (Å²) < 4.78 is 33.5. The quantitative estimate of drug-likeness (QED) is 0.551. The van der Waals surface area contributed by atoms with E-state index in [2.05, 4.69) is 15.5 Å². The summed E-state index contributed by atoms with van der Waals surface area (Å²) in [5.74, 6) is -5.70. The third-order valence-electron chi connectivity index (χ3n) is 4.37. The van der Waals surface area contributed by atoms with Crippen LogP contribution in [0.2, 0.25) is 0 Å². The smallest absolute Gasteiger partial charge is 0.252 e. The zero-order valence-electron chi connectivity index (χ0n) is 17.7. The highest BCUT2D eigenvalue weighted by atomic mass is 19.3. The second kappa shape index (κ2) is 9.76. The van der Waals surface area contributed by atoms with Gasteiger partial charge in [0.2, 0.25) is 29.3 Å². The van der Waals surface area contributed by atoms with Gasteiger partial charge in [-0.3, -0.25) is 14.4 Å². The third-order valence-corrected chi connectivity index (χ3v) is 4.37. The van der Waals surface area contributed by atoms with E-state index < -0.39 is 60.7 Å². The molecule has 1 heterocycles. The van der Waals surface area contributed by atoms with Gasteiger partial charge in [-0.1, -0.05) is 56.3 Å². The lowest BCUT2D eigenvalue weighted by Crippen LogP contribution is -2.44. The molecule has 168 valence electrons. The molecule has 2 aromatic rings. The topological polar surface area (TPSA) is 128 Å². The first-order valence-electron chi connectivity index (χ1n) is 9.75. The molecule has 0 aliphatic carbocycles. The average molecular weight is 436 g/mol. The number of hydrogen-bond donors (Lipinski definition) is 2. The van der Waals surface area contributed by atoms with Gasteiger partial charge in [0, 0.05) is 24.7 Å². The minimum atomic E-state index is -3.11. The van der Waals surface area contributed by atoms with Crippen molar-refractivity contribution < 1.29 is 27.7 Å². The second-order valence-corrected chi connectivity index (χ2v) is 8.35. The van der Waals surface area contributed by atoms with Gasteiger partial charge in [-0.2, -0.15) is 4.98 Å². The number of Topliss-reactive ketones (excluding diaryl/α,β-unsaturated/α-hetero) is 1. The van der Waals surface area contributed by atoms with Crippen LogP contribution in [0.1, 0.15) is 62.1 Å². The molecule has 2 amide bonds. The highest BCUT2D eigenvalue weighted by molar-refractivity contribution is 6.01. The number of carbonyl (C=O) groups is 3. The number of halogens is 2. The molecule has 0 saturated heterocycles. The molecule has 0 aliphatic rings. The fourth-order valence-corrected chi connectivity index (χ4v) is 2.74. The Morgan fingerprint density at radius 2 is 1.81 bits per heavy atom. The number of rotatable bonds is 10. The van der Waals surface area contributed by atoms with Crippen molar-refractivity contribution in [3.8, 4) is 0 Å². The van der Waals surface area contributed by atoms with Crippen LogP contribution >= 0.6 is 0 Å². The molecule has 2 rings (SSSR count). The molecule has 0 aliphatic heterocycles. The fraction of sp³-hybridized carbons (Fsp3) is 0.476. The second-order valence-electron chi connectivity index (χ2n) is 8.35. The van der Waals surface area contributed by atoms with E-state index in [1.54, 1.807) is 51.1 Å². The van der Waals surface area contributed by atoms with E-state index >= 15 is 0 Å². The number of ketones is 1. The van der Waals surface area contributed by atoms with Crippen molar-refractivity contribution in [3.63, 3.8) is 0 Å². The summed E-state index contributed by atoms with van der Waals surface area (Å²) in [5, 5.41) is 5.88. The van der Waals surface area contributed by atoms with Crippen molar-refractivity contribution in [1.29, 1.82) is 0 Å². The van der Waals surface area contributed by atoms with Crippen LogP contribution in [-0.4, -0.2) is 39.7 Å². The summed E-state index contributed by atoms with van der Waals surface area (Å²) in [5.41, 5.74) is 5.09. The molecular weight excluding hydrogens is 410 g/mol. The number of aromatic nitrogens is 2. The highest BCUT2D eigenvalue weighted by Crippen LogP contribution is 2.25. The summed E-state index contributed by atoms with van der Waals surface area (Å²) >= 11 is 0. The predicted molar refractivity (Wildman–Crippen MR) is 107 cm³/mol. The molecule has 10 heteroatoms. The molecule has 0 spiro atoms. The Morgan fingerprint density at radius 1 is 1.16 bits per heavy atom. The van der Waals surface area contributed by atoms with E-state index in [9.17, 15) is 23.2 Å². The van der Waals surface area contributed by atoms with Gasteiger partial charge in [-0.15, -0.1) is 0 Å². The number of benzene rings is 1. The summed E-state index contributed by atoms with van der Waals surface area (Å²) in [6, 6.07) is 6.80. The Morgan fingerprint density at radius 3 is 2.35 bits per heavy atom. The van der Waals surface area contributed by atoms with Gasteiger partial charge in [-0.05, 0) is 5.56 Å². The Bertz CT molecular complexity index is 923. The van der Waals surface area contributed by atoms with Crippen molar-refractivity contribution in [2.75, 3.05) is 0 Å². The first-order valence-corrected chi connectivity index (χ1v) is 9.75. The van der Waals surface area contributed by atoms with Crippen molar-refractivity contribution in [2.45, 2.75) is 63.8 Å². The van der Waals surface area contributed by atoms with E-state index in [1.807, 2.05) is 0 Å². The van der Waals surface area contributed by atoms with Crippen molar-refractivity contribution in [1.82, 2.24) is 15.5 Å². The molecule has 1 aromatic carbocycles. The minimum Gasteiger partial charge on any atom is -0.370 e. The number of nitrogens with two attached hydrogens (primary N) is 1. The van der Waals surface area contributed by atoms with Crippen LogP contribution in [0.25, 0.3) is 0 Å². The van der Waals surface area contributed by atoms with Crippen molar-refractivity contribution in [2.24, 2.45) is 5.73 Å². The molecule has 0 unspecified atom stereocenters. The Balaban J connectivity index is 2.01. The van der Waals surface area contributed by atoms with Crippen LogP contribution in [0.4, 0.5) is 8.78 Å². The number of primary amides is 1. The van der Waals surface area contributed by atoms with E-state index in [0.29, 0.717) is 5.56 Å². The fourth-order valence-electron chi connectivity index (χ4n) is 2.74. The van der Waals surface area contributed by atoms with E-state index in [1.165, 1.54) is 0 Å². The van der Waals surface area contributed by atoms with Gasteiger partial charge < -0.3 is 15.6 Å². The van der Waals surface area contributed by atoms with E-state index in [-0.39, 0.29) is 11.7 Å². The molecule has 0 radical (unpaired) electrons. The normalized spacial score (nSPS) is 12.9. The summed E-state index contributed by atoms with van der Waals surface area (Å²) in [6.45, 7) is 5.40. The van der Waals surface area contributed by atoms with Crippen LogP contribution in [0.5, 0.6) is 0 Å². The largest absolute Gasteiger partial charge is 0.370 e. The van der Waals surface area contributed by atoms with Gasteiger partial charge in [0.05, 0.1) is 6.42 Å². The van der Waals surface area contributed by atoms with Crippen molar-refractivity contribution >= 4 is 17.6 Å². The Labute approximate surface area is 178 Å². The maximum absolute atomic E-state index is 14.2. The number of amides is 2. The number of carbonyl (C=O) groups excluding carboxylic acids is 3. The lowest BCUT2D eigenvalue weighted by molar-refractivity contribution is -0.124. The molecule has 1 atom stereocenters. The third kappa shape index (κ3) is 7.54. The lowest BCUT2D eigenvalue weighted by Gasteiger charge is -2.18. The molecule has 0 fully saturated rings. The van der Waals surface area contributed by atoms with Crippen LogP contribution in [0, 0.1) is 0 Å². The number of hydrogen-bond acceptors (Lipinski definition) is 6. The van der Waals surface area contributed by atoms with Crippen LogP contribution in [0.15, 0.2) is 34.9 Å². The molecule has 31 heavy (non-hydrogen) atoms. The number of nitrogens with one attached hydrogen (secondary N) is 1. The van der Waals surface area contributed by atoms with Crippen molar-refractivity contribution in [3.05, 3.63) is 47.6 Å². The maximum atomic E-state index is 14.2. The summed E-state index contributed by atoms with van der Waals surface area (Å²) in [6.07, 6.45) is -2.29. The van der Waals surface area contributed by atoms with Gasteiger partial charge >= 0.3 is 0 Å². The van der Waals surface area contributed by atoms with Gasteiger partial charge in [0.25, 0.3) is 5.92 Å². The van der Waals surface area contributed by atoms with Gasteiger partial charge in [0.15, 0.2) is 0 Å². The zero-order valence-corrected chi connectivity index (χ0v) is 17.7. The molecule has 3 N–H and O–H groups in total. The molecule has 0 saturated carbocycles. The lowest BCUT2D eigenvalue weighted by atomic mass is 9.97. The molecule has 8 nitrogen and oxygen atoms in total. The van der Waals surface area contributed by atoms with Crippen LogP contribution in [0.3, 0.4) is 0 Å². The zero-order chi connectivity index (χ0) is 23.2. The predicted octanol–water partition coefficient (Wildman–Crippen LogP) is 2.57. The SMILES string of the molecule is CC(C)(C)c1nc(C(=O)[C@H](CC(N)=O)NC(=O)CCC(F)(F)Cc2ccccc2)no1. The molecular formula is C21H26F2N4O4. The standard InChI is InChI=1S/C21H26F2N4O4/c1-20(2,3)19-26-18(27-31-19)17(30)14(11-15(24)28)25-16(29)9-10-21(22,23)12-13-7-5-4-6-8-13/h4-8,14H,9-12H2,1-3H3,(H2,24,28)(H,25,29)/t14-/m0/s1.